The molecule has 1 N–H and O–H groups in total. The second-order valence-electron chi connectivity index (χ2n) is 4.18. The van der Waals surface area contributed by atoms with E-state index >= 15 is 0 Å². The molecule has 7 heteroatoms. The van der Waals surface area contributed by atoms with E-state index in [0.717, 1.165) is 11.3 Å². The molecule has 0 spiro atoms. The van der Waals surface area contributed by atoms with Gasteiger partial charge in [-0.15, -0.1) is 5.10 Å². The molecule has 20 heavy (non-hydrogen) atoms. The van der Waals surface area contributed by atoms with Gasteiger partial charge in [-0.3, -0.25) is 4.79 Å². The molecule has 0 fully saturated rings. The van der Waals surface area contributed by atoms with E-state index in [0.29, 0.717) is 25.4 Å². The van der Waals surface area contributed by atoms with Crippen molar-refractivity contribution in [2.45, 2.75) is 26.3 Å². The van der Waals surface area contributed by atoms with Crippen LogP contribution in [0.2, 0.25) is 0 Å². The summed E-state index contributed by atoms with van der Waals surface area (Å²) in [5, 5.41) is 20.1. The molecule has 106 valence electrons. The van der Waals surface area contributed by atoms with Crippen molar-refractivity contribution in [3.05, 3.63) is 24.3 Å². The molecular formula is C13H16N4O3. The van der Waals surface area contributed by atoms with Gasteiger partial charge in [-0.25, -0.2) is 4.68 Å². The largest absolute Gasteiger partial charge is 0.494 e. The van der Waals surface area contributed by atoms with Crippen molar-refractivity contribution >= 4 is 5.97 Å². The van der Waals surface area contributed by atoms with Crippen LogP contribution in [0.5, 0.6) is 5.75 Å². The van der Waals surface area contributed by atoms with E-state index in [1.165, 1.54) is 0 Å². The number of carboxylic acid groups (broad SMARTS) is 1. The maximum atomic E-state index is 10.5. The van der Waals surface area contributed by atoms with Gasteiger partial charge in [0.25, 0.3) is 0 Å². The Bertz CT molecular complexity index is 565. The van der Waals surface area contributed by atoms with E-state index in [1.54, 1.807) is 4.68 Å². The number of rotatable bonds is 7. The Hall–Kier alpha value is -2.44. The van der Waals surface area contributed by atoms with E-state index < -0.39 is 5.97 Å². The molecule has 2 aromatic rings. The van der Waals surface area contributed by atoms with Crippen LogP contribution in [0.4, 0.5) is 0 Å². The van der Waals surface area contributed by atoms with E-state index in [4.69, 9.17) is 9.84 Å². The fourth-order valence-corrected chi connectivity index (χ4v) is 1.81. The lowest BCUT2D eigenvalue weighted by atomic mass is 10.2. The predicted molar refractivity (Wildman–Crippen MR) is 71.3 cm³/mol. The number of hydrogen-bond donors (Lipinski definition) is 1. The number of benzene rings is 1. The van der Waals surface area contributed by atoms with Crippen molar-refractivity contribution in [3.8, 4) is 17.1 Å². The molecule has 2 rings (SSSR count). The van der Waals surface area contributed by atoms with Crippen LogP contribution in [0.15, 0.2) is 24.3 Å². The number of aryl methyl sites for hydroxylation is 1. The molecule has 1 aromatic heterocycles. The average molecular weight is 276 g/mol. The van der Waals surface area contributed by atoms with Gasteiger partial charge in [0, 0.05) is 18.5 Å². The highest BCUT2D eigenvalue weighted by Gasteiger charge is 2.09. The summed E-state index contributed by atoms with van der Waals surface area (Å²) in [5.41, 5.74) is 0.869. The zero-order valence-electron chi connectivity index (χ0n) is 11.2. The molecular weight excluding hydrogens is 260 g/mol. The first kappa shape index (κ1) is 14.0. The van der Waals surface area contributed by atoms with Gasteiger partial charge in [0.1, 0.15) is 5.75 Å². The van der Waals surface area contributed by atoms with Gasteiger partial charge in [-0.1, -0.05) is 0 Å². The molecule has 0 amide bonds. The number of aromatic nitrogens is 4. The number of ether oxygens (including phenoxy) is 1. The molecule has 0 radical (unpaired) electrons. The van der Waals surface area contributed by atoms with Gasteiger partial charge >= 0.3 is 5.97 Å². The number of hydrogen-bond acceptors (Lipinski definition) is 5. The standard InChI is InChI=1S/C13H16N4O3/c1-2-20-11-7-5-10(6-8-11)13-14-15-16-17(13)9-3-4-12(18)19/h5-8H,2-4,9H2,1H3,(H,18,19). The van der Waals surface area contributed by atoms with Crippen LogP contribution in [0.25, 0.3) is 11.4 Å². The van der Waals surface area contributed by atoms with Crippen molar-refractivity contribution in [3.63, 3.8) is 0 Å². The second kappa shape index (κ2) is 6.65. The third kappa shape index (κ3) is 3.53. The van der Waals surface area contributed by atoms with Crippen LogP contribution in [-0.2, 0) is 11.3 Å². The maximum Gasteiger partial charge on any atom is 0.303 e. The van der Waals surface area contributed by atoms with E-state index in [-0.39, 0.29) is 6.42 Å². The van der Waals surface area contributed by atoms with Crippen LogP contribution in [-0.4, -0.2) is 37.9 Å². The molecule has 0 aliphatic rings. The summed E-state index contributed by atoms with van der Waals surface area (Å²) >= 11 is 0. The molecule has 0 bridgehead atoms. The van der Waals surface area contributed by atoms with Crippen LogP contribution in [0.3, 0.4) is 0 Å². The minimum atomic E-state index is -0.819. The minimum absolute atomic E-state index is 0.0998. The molecule has 1 heterocycles. The smallest absolute Gasteiger partial charge is 0.303 e. The van der Waals surface area contributed by atoms with Crippen molar-refractivity contribution in [2.75, 3.05) is 6.61 Å². The Labute approximate surface area is 116 Å². The van der Waals surface area contributed by atoms with E-state index in [2.05, 4.69) is 15.5 Å². The van der Waals surface area contributed by atoms with E-state index in [1.807, 2.05) is 31.2 Å². The Balaban J connectivity index is 2.08. The van der Waals surface area contributed by atoms with Gasteiger partial charge in [0.15, 0.2) is 5.82 Å². The summed E-state index contributed by atoms with van der Waals surface area (Å²) in [7, 11) is 0. The van der Waals surface area contributed by atoms with Crippen molar-refractivity contribution < 1.29 is 14.6 Å². The topological polar surface area (TPSA) is 90.1 Å². The Morgan fingerprint density at radius 3 is 2.75 bits per heavy atom. The van der Waals surface area contributed by atoms with Crippen molar-refractivity contribution in [1.82, 2.24) is 20.2 Å². The summed E-state index contributed by atoms with van der Waals surface area (Å²) in [6.07, 6.45) is 0.590. The predicted octanol–water partition coefficient (Wildman–Crippen LogP) is 1.60. The first-order valence-corrected chi connectivity index (χ1v) is 6.42. The van der Waals surface area contributed by atoms with Crippen molar-refractivity contribution in [1.29, 1.82) is 0 Å². The molecule has 1 aromatic carbocycles. The summed E-state index contributed by atoms with van der Waals surface area (Å²) in [6.45, 7) is 3.02. The Morgan fingerprint density at radius 2 is 2.10 bits per heavy atom. The van der Waals surface area contributed by atoms with Crippen molar-refractivity contribution in [2.24, 2.45) is 0 Å². The monoisotopic (exact) mass is 276 g/mol. The molecule has 0 aliphatic heterocycles. The van der Waals surface area contributed by atoms with Gasteiger partial charge in [-0.05, 0) is 48.0 Å². The number of carbonyl (C=O) groups is 1. The highest BCUT2D eigenvalue weighted by atomic mass is 16.5. The third-order valence-electron chi connectivity index (χ3n) is 2.72. The second-order valence-corrected chi connectivity index (χ2v) is 4.18. The summed E-state index contributed by atoms with van der Waals surface area (Å²) < 4.78 is 6.99. The first-order chi connectivity index (χ1) is 9.70. The molecule has 0 unspecified atom stereocenters. The molecule has 7 nitrogen and oxygen atoms in total. The molecule has 0 atom stereocenters. The molecule has 0 aliphatic carbocycles. The van der Waals surface area contributed by atoms with Crippen LogP contribution < -0.4 is 4.74 Å². The molecule has 0 saturated heterocycles. The quantitative estimate of drug-likeness (QED) is 0.826. The van der Waals surface area contributed by atoms with Gasteiger partial charge < -0.3 is 9.84 Å². The summed E-state index contributed by atoms with van der Waals surface area (Å²) in [6, 6.07) is 7.47. The first-order valence-electron chi connectivity index (χ1n) is 6.42. The number of carboxylic acids is 1. The highest BCUT2D eigenvalue weighted by Crippen LogP contribution is 2.20. The highest BCUT2D eigenvalue weighted by molar-refractivity contribution is 5.66. The Kier molecular flexibility index (Phi) is 4.65. The number of nitrogens with zero attached hydrogens (tertiary/aromatic N) is 4. The van der Waals surface area contributed by atoms with Crippen LogP contribution in [0, 0.1) is 0 Å². The number of aliphatic carboxylic acids is 1. The normalized spacial score (nSPS) is 10.4. The number of tetrazole rings is 1. The lowest BCUT2D eigenvalue weighted by Gasteiger charge is -2.05. The minimum Gasteiger partial charge on any atom is -0.494 e. The fourth-order valence-electron chi connectivity index (χ4n) is 1.81. The fraction of sp³-hybridized carbons (Fsp3) is 0.385. The lowest BCUT2D eigenvalue weighted by molar-refractivity contribution is -0.137. The summed E-state index contributed by atoms with van der Waals surface area (Å²) in [5.74, 6) is 0.597. The van der Waals surface area contributed by atoms with E-state index in [9.17, 15) is 4.79 Å². The lowest BCUT2D eigenvalue weighted by Crippen LogP contribution is -2.05. The van der Waals surface area contributed by atoms with Crippen LogP contribution in [0.1, 0.15) is 19.8 Å². The summed E-state index contributed by atoms with van der Waals surface area (Å²) in [4.78, 5) is 10.5. The van der Waals surface area contributed by atoms with Gasteiger partial charge in [0.2, 0.25) is 0 Å². The average Bonchev–Trinajstić information content (AvgIpc) is 2.88. The zero-order chi connectivity index (χ0) is 14.4. The Morgan fingerprint density at radius 1 is 1.35 bits per heavy atom. The zero-order valence-corrected chi connectivity index (χ0v) is 11.2. The van der Waals surface area contributed by atoms with Gasteiger partial charge in [-0.2, -0.15) is 0 Å². The van der Waals surface area contributed by atoms with Gasteiger partial charge in [0.05, 0.1) is 6.61 Å². The maximum absolute atomic E-state index is 10.5. The SMILES string of the molecule is CCOc1ccc(-c2nnnn2CCCC(=O)O)cc1. The third-order valence-corrected chi connectivity index (χ3v) is 2.72. The van der Waals surface area contributed by atoms with Crippen LogP contribution >= 0.6 is 0 Å². The molecule has 0 saturated carbocycles.